The maximum Gasteiger partial charge on any atom is 0.191 e. The van der Waals surface area contributed by atoms with Crippen molar-refractivity contribution in [3.63, 3.8) is 0 Å². The van der Waals surface area contributed by atoms with E-state index in [1.807, 2.05) is 11.6 Å². The molecule has 2 N–H and O–H groups in total. The predicted molar refractivity (Wildman–Crippen MR) is 118 cm³/mol. The van der Waals surface area contributed by atoms with E-state index >= 15 is 0 Å². The number of halogens is 1. The van der Waals surface area contributed by atoms with Crippen LogP contribution in [0.1, 0.15) is 31.9 Å². The molecule has 1 saturated heterocycles. The van der Waals surface area contributed by atoms with Gasteiger partial charge >= 0.3 is 0 Å². The molecule has 27 heavy (non-hydrogen) atoms. The zero-order chi connectivity index (χ0) is 18.4. The maximum atomic E-state index is 5.42. The molecule has 0 aliphatic carbocycles. The Kier molecular flexibility index (Phi) is 9.24. The van der Waals surface area contributed by atoms with E-state index in [1.165, 1.54) is 0 Å². The van der Waals surface area contributed by atoms with E-state index < -0.39 is 0 Å². The third-order valence-electron chi connectivity index (χ3n) is 4.88. The van der Waals surface area contributed by atoms with E-state index in [-0.39, 0.29) is 24.0 Å². The van der Waals surface area contributed by atoms with Crippen LogP contribution in [0.4, 0.5) is 0 Å². The van der Waals surface area contributed by atoms with Crippen LogP contribution in [0.5, 0.6) is 0 Å². The van der Waals surface area contributed by atoms with Crippen molar-refractivity contribution in [1.29, 1.82) is 0 Å². The van der Waals surface area contributed by atoms with E-state index in [4.69, 9.17) is 9.73 Å². The highest BCUT2D eigenvalue weighted by Crippen LogP contribution is 2.13. The molecule has 3 heterocycles. The SMILES string of the molecule is CCNC(=NCC(C)CN1CCOCC1)NC1CCc2nc(C)nn2C1.I. The Balaban J connectivity index is 0.00000261. The number of fused-ring (bicyclic) bond motifs is 1. The second-order valence-corrected chi connectivity index (χ2v) is 7.38. The van der Waals surface area contributed by atoms with Crippen LogP contribution in [0.15, 0.2) is 4.99 Å². The Morgan fingerprint density at radius 2 is 2.15 bits per heavy atom. The minimum Gasteiger partial charge on any atom is -0.379 e. The van der Waals surface area contributed by atoms with Gasteiger partial charge in [0, 0.05) is 45.2 Å². The van der Waals surface area contributed by atoms with Gasteiger partial charge in [0.25, 0.3) is 0 Å². The first kappa shape index (κ1) is 22.4. The lowest BCUT2D eigenvalue weighted by Gasteiger charge is -2.29. The maximum absolute atomic E-state index is 5.42. The Labute approximate surface area is 179 Å². The third kappa shape index (κ3) is 6.86. The average Bonchev–Trinajstić information content (AvgIpc) is 3.00. The van der Waals surface area contributed by atoms with Crippen LogP contribution in [0, 0.1) is 12.8 Å². The molecule has 0 radical (unpaired) electrons. The largest absolute Gasteiger partial charge is 0.379 e. The monoisotopic (exact) mass is 491 g/mol. The van der Waals surface area contributed by atoms with Crippen molar-refractivity contribution in [2.45, 2.75) is 46.2 Å². The van der Waals surface area contributed by atoms with Crippen molar-refractivity contribution < 1.29 is 4.74 Å². The molecule has 2 aliphatic rings. The van der Waals surface area contributed by atoms with Gasteiger partial charge in [-0.2, -0.15) is 5.10 Å². The van der Waals surface area contributed by atoms with E-state index in [1.54, 1.807) is 0 Å². The molecule has 2 aliphatic heterocycles. The lowest BCUT2D eigenvalue weighted by Crippen LogP contribution is -2.47. The van der Waals surface area contributed by atoms with E-state index in [0.717, 1.165) is 82.9 Å². The van der Waals surface area contributed by atoms with E-state index in [9.17, 15) is 0 Å². The number of aromatic nitrogens is 3. The summed E-state index contributed by atoms with van der Waals surface area (Å²) in [6.45, 7) is 13.7. The van der Waals surface area contributed by atoms with Crippen LogP contribution in [0.25, 0.3) is 0 Å². The Hall–Kier alpha value is -0.940. The van der Waals surface area contributed by atoms with Crippen LogP contribution < -0.4 is 10.6 Å². The van der Waals surface area contributed by atoms with Gasteiger partial charge < -0.3 is 15.4 Å². The van der Waals surface area contributed by atoms with Crippen molar-refractivity contribution in [1.82, 2.24) is 30.3 Å². The fraction of sp³-hybridized carbons (Fsp3) is 0.833. The third-order valence-corrected chi connectivity index (χ3v) is 4.88. The summed E-state index contributed by atoms with van der Waals surface area (Å²) in [5.74, 6) is 3.39. The van der Waals surface area contributed by atoms with Gasteiger partial charge in [0.05, 0.1) is 19.8 Å². The van der Waals surface area contributed by atoms with Crippen LogP contribution in [0.3, 0.4) is 0 Å². The second kappa shape index (κ2) is 11.2. The average molecular weight is 491 g/mol. The van der Waals surface area contributed by atoms with E-state index in [2.05, 4.69) is 39.5 Å². The normalized spacial score (nSPS) is 21.9. The number of hydrogen-bond donors (Lipinski definition) is 2. The number of hydrogen-bond acceptors (Lipinski definition) is 5. The summed E-state index contributed by atoms with van der Waals surface area (Å²) in [6.07, 6.45) is 2.03. The van der Waals surface area contributed by atoms with Crippen LogP contribution >= 0.6 is 24.0 Å². The topological polar surface area (TPSA) is 79.6 Å². The highest BCUT2D eigenvalue weighted by molar-refractivity contribution is 14.0. The molecule has 3 rings (SSSR count). The number of nitrogens with zero attached hydrogens (tertiary/aromatic N) is 5. The second-order valence-electron chi connectivity index (χ2n) is 7.38. The molecule has 0 saturated carbocycles. The van der Waals surface area contributed by atoms with Crippen molar-refractivity contribution in [2.24, 2.45) is 10.9 Å². The van der Waals surface area contributed by atoms with Gasteiger partial charge in [-0.15, -0.1) is 24.0 Å². The molecule has 1 aromatic heterocycles. The number of guanidine groups is 1. The summed E-state index contributed by atoms with van der Waals surface area (Å²) in [6, 6.07) is 0.343. The molecular weight excluding hydrogens is 457 g/mol. The van der Waals surface area contributed by atoms with Gasteiger partial charge in [-0.25, -0.2) is 9.67 Å². The molecule has 2 unspecified atom stereocenters. The number of rotatable bonds is 6. The standard InChI is InChI=1S/C18H33N7O.HI/c1-4-19-18(20-11-14(2)12-24-7-9-26-10-8-24)22-16-5-6-17-21-15(3)23-25(17)13-16;/h14,16H,4-13H2,1-3H3,(H2,19,20,22);1H. The van der Waals surface area contributed by atoms with Gasteiger partial charge in [-0.1, -0.05) is 6.92 Å². The fourth-order valence-corrected chi connectivity index (χ4v) is 3.59. The predicted octanol–water partition coefficient (Wildman–Crippen LogP) is 1.04. The van der Waals surface area contributed by atoms with Crippen molar-refractivity contribution in [3.8, 4) is 0 Å². The number of aryl methyl sites for hydroxylation is 2. The minimum absolute atomic E-state index is 0. The van der Waals surface area contributed by atoms with Crippen molar-refractivity contribution in [3.05, 3.63) is 11.6 Å². The summed E-state index contributed by atoms with van der Waals surface area (Å²) < 4.78 is 7.45. The Bertz CT molecular complexity index is 601. The summed E-state index contributed by atoms with van der Waals surface area (Å²) in [4.78, 5) is 11.8. The summed E-state index contributed by atoms with van der Waals surface area (Å²) in [5.41, 5.74) is 0. The van der Waals surface area contributed by atoms with Gasteiger partial charge in [0.1, 0.15) is 11.6 Å². The number of morpholine rings is 1. The Morgan fingerprint density at radius 1 is 1.37 bits per heavy atom. The molecule has 1 aromatic rings. The molecule has 8 nitrogen and oxygen atoms in total. The lowest BCUT2D eigenvalue weighted by molar-refractivity contribution is 0.0323. The zero-order valence-corrected chi connectivity index (χ0v) is 19.1. The highest BCUT2D eigenvalue weighted by Gasteiger charge is 2.21. The zero-order valence-electron chi connectivity index (χ0n) is 16.8. The van der Waals surface area contributed by atoms with Gasteiger partial charge in [-0.05, 0) is 26.2 Å². The fourth-order valence-electron chi connectivity index (χ4n) is 3.59. The van der Waals surface area contributed by atoms with Gasteiger partial charge in [0.15, 0.2) is 5.96 Å². The number of aliphatic imine (C=N–C) groups is 1. The molecule has 0 amide bonds. The van der Waals surface area contributed by atoms with Crippen LogP contribution in [0.2, 0.25) is 0 Å². The van der Waals surface area contributed by atoms with Crippen LogP contribution in [-0.4, -0.2) is 77.6 Å². The number of ether oxygens (including phenoxy) is 1. The smallest absolute Gasteiger partial charge is 0.191 e. The Morgan fingerprint density at radius 3 is 2.89 bits per heavy atom. The number of nitrogens with one attached hydrogen (secondary N) is 2. The molecule has 0 bridgehead atoms. The first-order valence-corrected chi connectivity index (χ1v) is 9.89. The summed E-state index contributed by atoms with van der Waals surface area (Å²) in [5, 5.41) is 11.4. The molecule has 0 spiro atoms. The highest BCUT2D eigenvalue weighted by atomic mass is 127. The van der Waals surface area contributed by atoms with Crippen LogP contribution in [-0.2, 0) is 17.7 Å². The molecular formula is C18H34IN7O. The molecule has 1 fully saturated rings. The molecule has 154 valence electrons. The van der Waals surface area contributed by atoms with Crippen molar-refractivity contribution >= 4 is 29.9 Å². The first-order chi connectivity index (χ1) is 12.6. The lowest BCUT2D eigenvalue weighted by atomic mass is 10.1. The van der Waals surface area contributed by atoms with Crippen molar-refractivity contribution in [2.75, 3.05) is 45.9 Å². The quantitative estimate of drug-likeness (QED) is 0.352. The first-order valence-electron chi connectivity index (χ1n) is 9.89. The minimum atomic E-state index is 0. The summed E-state index contributed by atoms with van der Waals surface area (Å²) in [7, 11) is 0. The molecule has 0 aromatic carbocycles. The van der Waals surface area contributed by atoms with E-state index in [0.29, 0.717) is 12.0 Å². The summed E-state index contributed by atoms with van der Waals surface area (Å²) >= 11 is 0. The molecule has 2 atom stereocenters. The van der Waals surface area contributed by atoms with Gasteiger partial charge in [0.2, 0.25) is 0 Å². The van der Waals surface area contributed by atoms with Gasteiger partial charge in [-0.3, -0.25) is 9.89 Å². The molecule has 9 heteroatoms.